The highest BCUT2D eigenvalue weighted by Gasteiger charge is 2.30. The van der Waals surface area contributed by atoms with E-state index in [0.717, 1.165) is 29.7 Å². The largest absolute Gasteiger partial charge is 0.337 e. The number of H-pyrrole nitrogens is 1. The van der Waals surface area contributed by atoms with E-state index in [2.05, 4.69) is 33.1 Å². The first-order valence-electron chi connectivity index (χ1n) is 5.15. The second kappa shape index (κ2) is 3.96. The van der Waals surface area contributed by atoms with Crippen molar-refractivity contribution in [3.05, 3.63) is 15.9 Å². The highest BCUT2D eigenvalue weighted by Crippen LogP contribution is 2.24. The number of hydrogen-bond acceptors (Lipinski definition) is 2. The fourth-order valence-electron chi connectivity index (χ4n) is 1.75. The number of aromatic amines is 1. The van der Waals surface area contributed by atoms with E-state index in [4.69, 9.17) is 0 Å². The van der Waals surface area contributed by atoms with E-state index in [1.54, 1.807) is 0 Å². The lowest BCUT2D eigenvalue weighted by Gasteiger charge is -2.36. The number of nitrogens with one attached hydrogen (secondary N) is 1. The van der Waals surface area contributed by atoms with Gasteiger partial charge in [-0.05, 0) is 28.3 Å². The first-order valence-corrected chi connectivity index (χ1v) is 5.94. The molecule has 1 amide bonds. The van der Waals surface area contributed by atoms with Crippen LogP contribution in [0.4, 0.5) is 0 Å². The number of likely N-dealkylation sites (tertiary alicyclic amines) is 1. The van der Waals surface area contributed by atoms with Gasteiger partial charge in [0.05, 0.1) is 4.47 Å². The Balaban J connectivity index is 2.15. The average Bonchev–Trinajstić information content (AvgIpc) is 2.54. The number of hydrogen-bond donors (Lipinski definition) is 1. The van der Waals surface area contributed by atoms with Gasteiger partial charge in [-0.1, -0.05) is 13.8 Å². The van der Waals surface area contributed by atoms with Crippen molar-refractivity contribution in [1.82, 2.24) is 15.1 Å². The maximum Gasteiger partial charge on any atom is 0.275 e. The second-order valence-corrected chi connectivity index (χ2v) is 4.83. The van der Waals surface area contributed by atoms with Crippen LogP contribution in [0.3, 0.4) is 0 Å². The van der Waals surface area contributed by atoms with Gasteiger partial charge < -0.3 is 4.90 Å². The Morgan fingerprint density at radius 3 is 2.80 bits per heavy atom. The molecule has 0 aromatic carbocycles. The van der Waals surface area contributed by atoms with Crippen LogP contribution in [0.15, 0.2) is 4.47 Å². The third-order valence-electron chi connectivity index (χ3n) is 2.68. The molecule has 4 nitrogen and oxygen atoms in total. The van der Waals surface area contributed by atoms with Crippen molar-refractivity contribution in [2.75, 3.05) is 13.1 Å². The molecule has 0 atom stereocenters. The topological polar surface area (TPSA) is 49.0 Å². The second-order valence-electron chi connectivity index (χ2n) is 4.03. The molecule has 1 aromatic rings. The molecule has 1 saturated heterocycles. The van der Waals surface area contributed by atoms with Gasteiger partial charge in [0.1, 0.15) is 0 Å². The summed E-state index contributed by atoms with van der Waals surface area (Å²) in [4.78, 5) is 13.8. The smallest absolute Gasteiger partial charge is 0.275 e. The van der Waals surface area contributed by atoms with E-state index >= 15 is 0 Å². The van der Waals surface area contributed by atoms with E-state index in [1.807, 2.05) is 11.8 Å². The first-order chi connectivity index (χ1) is 7.13. The SMILES string of the molecule is CCc1[nH]nc(C(=O)N2CC(C)C2)c1Br. The molecule has 1 N–H and O–H groups in total. The monoisotopic (exact) mass is 271 g/mol. The van der Waals surface area contributed by atoms with Gasteiger partial charge in [0.25, 0.3) is 5.91 Å². The molecule has 1 aromatic heterocycles. The third-order valence-corrected chi connectivity index (χ3v) is 3.54. The van der Waals surface area contributed by atoms with Crippen molar-refractivity contribution in [1.29, 1.82) is 0 Å². The number of halogens is 1. The van der Waals surface area contributed by atoms with Crippen molar-refractivity contribution in [3.8, 4) is 0 Å². The van der Waals surface area contributed by atoms with Gasteiger partial charge in [-0.25, -0.2) is 0 Å². The molecule has 0 aliphatic carbocycles. The summed E-state index contributed by atoms with van der Waals surface area (Å²) in [6.45, 7) is 5.86. The number of rotatable bonds is 2. The minimum absolute atomic E-state index is 0.0240. The summed E-state index contributed by atoms with van der Waals surface area (Å²) >= 11 is 3.41. The average molecular weight is 272 g/mol. The zero-order chi connectivity index (χ0) is 11.0. The lowest BCUT2D eigenvalue weighted by Crippen LogP contribution is -2.48. The minimum Gasteiger partial charge on any atom is -0.337 e. The number of carbonyl (C=O) groups is 1. The van der Waals surface area contributed by atoms with Gasteiger partial charge in [0.2, 0.25) is 0 Å². The number of aryl methyl sites for hydroxylation is 1. The normalized spacial score (nSPS) is 16.6. The predicted molar refractivity (Wildman–Crippen MR) is 60.7 cm³/mol. The number of carbonyl (C=O) groups excluding carboxylic acids is 1. The number of nitrogens with zero attached hydrogens (tertiary/aromatic N) is 2. The molecule has 0 saturated carbocycles. The lowest BCUT2D eigenvalue weighted by molar-refractivity contribution is 0.0523. The Bertz CT molecular complexity index is 382. The van der Waals surface area contributed by atoms with Crippen LogP contribution < -0.4 is 0 Å². The number of amides is 1. The van der Waals surface area contributed by atoms with Gasteiger partial charge in [0, 0.05) is 18.8 Å². The van der Waals surface area contributed by atoms with Gasteiger partial charge >= 0.3 is 0 Å². The van der Waals surface area contributed by atoms with Crippen molar-refractivity contribution in [2.24, 2.45) is 5.92 Å². The zero-order valence-corrected chi connectivity index (χ0v) is 10.5. The fourth-order valence-corrected chi connectivity index (χ4v) is 2.38. The zero-order valence-electron chi connectivity index (χ0n) is 8.88. The summed E-state index contributed by atoms with van der Waals surface area (Å²) < 4.78 is 0.814. The van der Waals surface area contributed by atoms with E-state index in [9.17, 15) is 4.79 Å². The molecule has 0 spiro atoms. The van der Waals surface area contributed by atoms with E-state index in [0.29, 0.717) is 11.6 Å². The summed E-state index contributed by atoms with van der Waals surface area (Å²) in [5, 5.41) is 6.93. The Hall–Kier alpha value is -0.840. The third kappa shape index (κ3) is 1.80. The van der Waals surface area contributed by atoms with Crippen molar-refractivity contribution in [3.63, 3.8) is 0 Å². The minimum atomic E-state index is 0.0240. The molecular weight excluding hydrogens is 258 g/mol. The molecule has 15 heavy (non-hydrogen) atoms. The summed E-state index contributed by atoms with van der Waals surface area (Å²) in [5.74, 6) is 0.647. The van der Waals surface area contributed by atoms with Crippen LogP contribution in [-0.2, 0) is 6.42 Å². The van der Waals surface area contributed by atoms with Crippen molar-refractivity contribution < 1.29 is 4.79 Å². The van der Waals surface area contributed by atoms with Crippen LogP contribution in [0.2, 0.25) is 0 Å². The summed E-state index contributed by atoms with van der Waals surface area (Å²) in [5.41, 5.74) is 1.49. The molecule has 1 aliphatic rings. The van der Waals surface area contributed by atoms with Crippen molar-refractivity contribution in [2.45, 2.75) is 20.3 Å². The van der Waals surface area contributed by atoms with Crippen LogP contribution in [-0.4, -0.2) is 34.1 Å². The summed E-state index contributed by atoms with van der Waals surface area (Å²) in [6.07, 6.45) is 0.845. The Labute approximate surface area is 97.2 Å². The fraction of sp³-hybridized carbons (Fsp3) is 0.600. The molecule has 1 fully saturated rings. The predicted octanol–water partition coefficient (Wildman–Crippen LogP) is 1.83. The lowest BCUT2D eigenvalue weighted by atomic mass is 10.0. The van der Waals surface area contributed by atoms with E-state index in [-0.39, 0.29) is 5.91 Å². The van der Waals surface area contributed by atoms with Crippen LogP contribution >= 0.6 is 15.9 Å². The molecule has 2 rings (SSSR count). The Morgan fingerprint density at radius 2 is 2.33 bits per heavy atom. The molecule has 0 bridgehead atoms. The molecule has 2 heterocycles. The van der Waals surface area contributed by atoms with Gasteiger partial charge in [-0.3, -0.25) is 9.89 Å². The quantitative estimate of drug-likeness (QED) is 0.892. The van der Waals surface area contributed by atoms with Gasteiger partial charge in [0.15, 0.2) is 5.69 Å². The maximum absolute atomic E-state index is 11.9. The Kier molecular flexibility index (Phi) is 2.82. The van der Waals surface area contributed by atoms with Crippen molar-refractivity contribution >= 4 is 21.8 Å². The number of aromatic nitrogens is 2. The molecule has 82 valence electrons. The highest BCUT2D eigenvalue weighted by molar-refractivity contribution is 9.10. The van der Waals surface area contributed by atoms with Gasteiger partial charge in [-0.2, -0.15) is 5.10 Å². The van der Waals surface area contributed by atoms with Crippen LogP contribution in [0.5, 0.6) is 0 Å². The molecular formula is C10H14BrN3O. The molecule has 5 heteroatoms. The van der Waals surface area contributed by atoms with E-state index < -0.39 is 0 Å². The molecule has 0 radical (unpaired) electrons. The van der Waals surface area contributed by atoms with Crippen LogP contribution in [0.25, 0.3) is 0 Å². The first kappa shape index (κ1) is 10.7. The van der Waals surface area contributed by atoms with Crippen LogP contribution in [0.1, 0.15) is 30.0 Å². The maximum atomic E-state index is 11.9. The highest BCUT2D eigenvalue weighted by atomic mass is 79.9. The Morgan fingerprint density at radius 1 is 1.67 bits per heavy atom. The standard InChI is InChI=1S/C10H14BrN3O/c1-3-7-8(11)9(13-12-7)10(15)14-4-6(2)5-14/h6H,3-5H2,1-2H3,(H,12,13). The summed E-state index contributed by atoms with van der Waals surface area (Å²) in [6, 6.07) is 0. The molecule has 0 unspecified atom stereocenters. The summed E-state index contributed by atoms with van der Waals surface area (Å²) in [7, 11) is 0. The van der Waals surface area contributed by atoms with Crippen LogP contribution in [0, 0.1) is 5.92 Å². The van der Waals surface area contributed by atoms with Gasteiger partial charge in [-0.15, -0.1) is 0 Å². The molecule has 1 aliphatic heterocycles. The van der Waals surface area contributed by atoms with E-state index in [1.165, 1.54) is 0 Å².